The minimum Gasteiger partial charge on any atom is -0.495 e. The minimum atomic E-state index is -3.71. The molecule has 0 saturated heterocycles. The quantitative estimate of drug-likeness (QED) is 0.358. The standard InChI is InChI=1S/C20H18Cl2INO4S/c1-27-16-12-17(28-2)20(22)15(19(16)21)10-8-13-9-11-18(23)24(13)29(25,26)14-6-4-3-5-7-14/h3-7,9,11-12H,8,10H2,1-2H3. The summed E-state index contributed by atoms with van der Waals surface area (Å²) in [5, 5.41) is 0.772. The van der Waals surface area contributed by atoms with E-state index >= 15 is 0 Å². The zero-order chi connectivity index (χ0) is 21.2. The van der Waals surface area contributed by atoms with Gasteiger partial charge >= 0.3 is 0 Å². The van der Waals surface area contributed by atoms with Crippen molar-refractivity contribution in [2.75, 3.05) is 14.2 Å². The molecule has 0 aliphatic carbocycles. The molecule has 1 heterocycles. The Morgan fingerprint density at radius 3 is 2.07 bits per heavy atom. The van der Waals surface area contributed by atoms with Crippen molar-refractivity contribution >= 4 is 55.8 Å². The monoisotopic (exact) mass is 565 g/mol. The second kappa shape index (κ2) is 9.16. The van der Waals surface area contributed by atoms with Crippen LogP contribution in [-0.4, -0.2) is 26.6 Å². The Bertz CT molecular complexity index is 1100. The number of rotatable bonds is 7. The molecule has 0 spiro atoms. The first-order valence-corrected chi connectivity index (χ1v) is 11.8. The third-order valence-corrected chi connectivity index (χ3v) is 8.22. The summed E-state index contributed by atoms with van der Waals surface area (Å²) < 4.78 is 38.9. The summed E-state index contributed by atoms with van der Waals surface area (Å²) >= 11 is 14.9. The van der Waals surface area contributed by atoms with E-state index in [2.05, 4.69) is 0 Å². The number of hydrogen-bond acceptors (Lipinski definition) is 4. The molecule has 1 aromatic heterocycles. The van der Waals surface area contributed by atoms with Crippen LogP contribution >= 0.6 is 45.8 Å². The number of benzene rings is 2. The molecular weight excluding hydrogens is 548 g/mol. The Balaban J connectivity index is 1.99. The fraction of sp³-hybridized carbons (Fsp3) is 0.200. The van der Waals surface area contributed by atoms with E-state index in [9.17, 15) is 8.42 Å². The maximum Gasteiger partial charge on any atom is 0.268 e. The van der Waals surface area contributed by atoms with E-state index in [1.165, 1.54) is 18.2 Å². The molecule has 3 rings (SSSR count). The summed E-state index contributed by atoms with van der Waals surface area (Å²) in [7, 11) is -0.689. The molecule has 0 aliphatic heterocycles. The molecule has 0 bridgehead atoms. The van der Waals surface area contributed by atoms with Crippen LogP contribution in [0.1, 0.15) is 11.3 Å². The summed E-state index contributed by atoms with van der Waals surface area (Å²) in [5.41, 5.74) is 1.27. The number of methoxy groups -OCH3 is 2. The molecule has 154 valence electrons. The average Bonchev–Trinajstić information content (AvgIpc) is 3.10. The van der Waals surface area contributed by atoms with Crippen LogP contribution in [0.5, 0.6) is 11.5 Å². The largest absolute Gasteiger partial charge is 0.495 e. The maximum atomic E-state index is 13.1. The fourth-order valence-electron chi connectivity index (χ4n) is 3.00. The summed E-state index contributed by atoms with van der Waals surface area (Å²) in [4.78, 5) is 0.231. The second-order valence-corrected chi connectivity index (χ2v) is 9.77. The molecule has 5 nitrogen and oxygen atoms in total. The van der Waals surface area contributed by atoms with Crippen molar-refractivity contribution in [2.24, 2.45) is 0 Å². The molecule has 0 unspecified atom stereocenters. The molecule has 0 atom stereocenters. The lowest BCUT2D eigenvalue weighted by molar-refractivity contribution is 0.393. The van der Waals surface area contributed by atoms with Gasteiger partial charge in [0.15, 0.2) is 0 Å². The van der Waals surface area contributed by atoms with Crippen LogP contribution in [0.2, 0.25) is 10.0 Å². The lowest BCUT2D eigenvalue weighted by Gasteiger charge is -2.16. The Labute approximate surface area is 193 Å². The van der Waals surface area contributed by atoms with E-state index in [1.807, 2.05) is 22.6 Å². The van der Waals surface area contributed by atoms with E-state index in [-0.39, 0.29) is 4.90 Å². The van der Waals surface area contributed by atoms with E-state index < -0.39 is 10.0 Å². The van der Waals surface area contributed by atoms with Gasteiger partial charge in [0.2, 0.25) is 0 Å². The van der Waals surface area contributed by atoms with Gasteiger partial charge in [0, 0.05) is 11.8 Å². The number of nitrogens with zero attached hydrogens (tertiary/aromatic N) is 1. The maximum absolute atomic E-state index is 13.1. The molecule has 0 aliphatic rings. The van der Waals surface area contributed by atoms with Crippen molar-refractivity contribution in [3.63, 3.8) is 0 Å². The van der Waals surface area contributed by atoms with Crippen LogP contribution in [0.15, 0.2) is 53.4 Å². The van der Waals surface area contributed by atoms with Gasteiger partial charge in [0.25, 0.3) is 10.0 Å². The first-order valence-electron chi connectivity index (χ1n) is 8.56. The highest BCUT2D eigenvalue weighted by Gasteiger charge is 2.23. The Hall–Kier alpha value is -1.42. The molecule has 0 radical (unpaired) electrons. The number of hydrogen-bond donors (Lipinski definition) is 0. The predicted molar refractivity (Wildman–Crippen MR) is 123 cm³/mol. The lowest BCUT2D eigenvalue weighted by Crippen LogP contribution is -2.17. The Morgan fingerprint density at radius 2 is 1.52 bits per heavy atom. The highest BCUT2D eigenvalue weighted by molar-refractivity contribution is 14.1. The zero-order valence-electron chi connectivity index (χ0n) is 15.7. The van der Waals surface area contributed by atoms with Gasteiger partial charge in [-0.1, -0.05) is 41.4 Å². The van der Waals surface area contributed by atoms with Crippen LogP contribution in [0.3, 0.4) is 0 Å². The third-order valence-electron chi connectivity index (χ3n) is 4.45. The van der Waals surface area contributed by atoms with Gasteiger partial charge in [-0.25, -0.2) is 12.4 Å². The van der Waals surface area contributed by atoms with Crippen molar-refractivity contribution in [3.05, 3.63) is 73.5 Å². The molecule has 29 heavy (non-hydrogen) atoms. The van der Waals surface area contributed by atoms with Gasteiger partial charge < -0.3 is 9.47 Å². The Morgan fingerprint density at radius 1 is 0.931 bits per heavy atom. The number of aromatic nitrogens is 1. The molecule has 2 aromatic carbocycles. The molecule has 0 saturated carbocycles. The number of aryl methyl sites for hydroxylation is 1. The van der Waals surface area contributed by atoms with Crippen LogP contribution in [0, 0.1) is 3.70 Å². The smallest absolute Gasteiger partial charge is 0.268 e. The van der Waals surface area contributed by atoms with Crippen molar-refractivity contribution in [3.8, 4) is 11.5 Å². The highest BCUT2D eigenvalue weighted by Crippen LogP contribution is 2.41. The fourth-order valence-corrected chi connectivity index (χ4v) is 6.42. The first-order chi connectivity index (χ1) is 13.8. The SMILES string of the molecule is COc1cc(OC)c(Cl)c(CCc2ccc(I)n2S(=O)(=O)c2ccccc2)c1Cl. The third kappa shape index (κ3) is 4.38. The zero-order valence-corrected chi connectivity index (χ0v) is 20.1. The van der Waals surface area contributed by atoms with Crippen LogP contribution < -0.4 is 9.47 Å². The molecule has 0 fully saturated rings. The molecular formula is C20H18Cl2INO4S. The lowest BCUT2D eigenvalue weighted by atomic mass is 10.1. The van der Waals surface area contributed by atoms with Crippen LogP contribution in [0.25, 0.3) is 0 Å². The first kappa shape index (κ1) is 22.3. The summed E-state index contributed by atoms with van der Waals surface area (Å²) in [6, 6.07) is 13.5. The van der Waals surface area contributed by atoms with E-state index in [0.717, 1.165) is 0 Å². The summed E-state index contributed by atoms with van der Waals surface area (Å²) in [5.74, 6) is 0.898. The average molecular weight is 566 g/mol. The van der Waals surface area contributed by atoms with E-state index in [4.69, 9.17) is 32.7 Å². The van der Waals surface area contributed by atoms with E-state index in [0.29, 0.717) is 49.3 Å². The number of ether oxygens (including phenoxy) is 2. The minimum absolute atomic E-state index is 0.231. The normalized spacial score (nSPS) is 11.5. The molecule has 9 heteroatoms. The second-order valence-electron chi connectivity index (χ2n) is 6.12. The van der Waals surface area contributed by atoms with Crippen molar-refractivity contribution in [1.82, 2.24) is 3.97 Å². The summed E-state index contributed by atoms with van der Waals surface area (Å²) in [6.45, 7) is 0. The summed E-state index contributed by atoms with van der Waals surface area (Å²) in [6.07, 6.45) is 0.820. The van der Waals surface area contributed by atoms with Crippen molar-refractivity contribution in [1.29, 1.82) is 0 Å². The van der Waals surface area contributed by atoms with Crippen LogP contribution in [-0.2, 0) is 22.9 Å². The van der Waals surface area contributed by atoms with Gasteiger partial charge in [-0.2, -0.15) is 0 Å². The molecule has 0 amide bonds. The van der Waals surface area contributed by atoms with Gasteiger partial charge in [-0.05, 0) is 65.3 Å². The van der Waals surface area contributed by atoms with Crippen LogP contribution in [0.4, 0.5) is 0 Å². The van der Waals surface area contributed by atoms with Crippen molar-refractivity contribution in [2.45, 2.75) is 17.7 Å². The number of halogens is 3. The Kier molecular flexibility index (Phi) is 7.03. The highest BCUT2D eigenvalue weighted by atomic mass is 127. The van der Waals surface area contributed by atoms with Crippen molar-refractivity contribution < 1.29 is 17.9 Å². The van der Waals surface area contributed by atoms with Gasteiger partial charge in [-0.15, -0.1) is 0 Å². The predicted octanol–water partition coefficient (Wildman–Crippen LogP) is 5.44. The molecule has 3 aromatic rings. The van der Waals surface area contributed by atoms with Gasteiger partial charge in [0.05, 0.1) is 32.9 Å². The van der Waals surface area contributed by atoms with E-state index in [1.54, 1.807) is 48.5 Å². The molecule has 0 N–H and O–H groups in total. The van der Waals surface area contributed by atoms with Gasteiger partial charge in [0.1, 0.15) is 11.5 Å². The topological polar surface area (TPSA) is 57.5 Å². The van der Waals surface area contributed by atoms with Gasteiger partial charge in [-0.3, -0.25) is 0 Å².